The molecule has 6 rings (SSSR count). The Morgan fingerprint density at radius 1 is 1.00 bits per heavy atom. The molecule has 4 aromatic rings. The predicted molar refractivity (Wildman–Crippen MR) is 135 cm³/mol. The third-order valence-corrected chi connectivity index (χ3v) is 7.53. The molecule has 37 heavy (non-hydrogen) atoms. The van der Waals surface area contributed by atoms with Crippen LogP contribution in [0.5, 0.6) is 5.75 Å². The number of ether oxygens (including phenoxy) is 2. The van der Waals surface area contributed by atoms with Gasteiger partial charge in [-0.15, -0.1) is 11.3 Å². The molecule has 0 radical (unpaired) electrons. The van der Waals surface area contributed by atoms with E-state index < -0.39 is 17.5 Å². The minimum Gasteiger partial charge on any atom is -0.489 e. The number of carbonyl (C=O) groups excluding carboxylic acids is 1. The number of benzene rings is 2. The first-order valence-corrected chi connectivity index (χ1v) is 12.5. The van der Waals surface area contributed by atoms with Gasteiger partial charge in [-0.2, -0.15) is 0 Å². The molecule has 190 valence electrons. The predicted octanol–water partition coefficient (Wildman–Crippen LogP) is 4.76. The standard InChI is InChI=1S/C26H21F3N4O3S/c27-15-13-17(21(29)18(28)14-15)16-5-6-30-22-23(32-7-10-35-11-8-32)25(37-24(16)22)26(34)31-33-9-12-36-20-4-2-1-3-19(20)33/h1-6,13-14H,7-12H2,(H,31,34). The summed E-state index contributed by atoms with van der Waals surface area (Å²) in [5.41, 5.74) is 4.77. The summed E-state index contributed by atoms with van der Waals surface area (Å²) < 4.78 is 54.6. The van der Waals surface area contributed by atoms with Gasteiger partial charge in [0.2, 0.25) is 0 Å². The highest BCUT2D eigenvalue weighted by Crippen LogP contribution is 2.43. The second kappa shape index (κ2) is 9.56. The van der Waals surface area contributed by atoms with Crippen LogP contribution in [0.3, 0.4) is 0 Å². The topological polar surface area (TPSA) is 66.9 Å². The third-order valence-electron chi connectivity index (χ3n) is 6.33. The Hall–Kier alpha value is -3.83. The van der Waals surface area contributed by atoms with Crippen molar-refractivity contribution in [2.75, 3.05) is 49.4 Å². The van der Waals surface area contributed by atoms with Gasteiger partial charge in [0, 0.05) is 36.5 Å². The van der Waals surface area contributed by atoms with Gasteiger partial charge in [0.1, 0.15) is 28.6 Å². The van der Waals surface area contributed by atoms with Crippen molar-refractivity contribution < 1.29 is 27.4 Å². The van der Waals surface area contributed by atoms with E-state index in [0.29, 0.717) is 72.1 Å². The Morgan fingerprint density at radius 2 is 1.81 bits per heavy atom. The minimum absolute atomic E-state index is 0.228. The van der Waals surface area contributed by atoms with Crippen LogP contribution in [-0.4, -0.2) is 50.3 Å². The first-order chi connectivity index (χ1) is 18.0. The zero-order chi connectivity index (χ0) is 25.5. The third kappa shape index (κ3) is 4.23. The molecule has 1 fully saturated rings. The van der Waals surface area contributed by atoms with Crippen LogP contribution in [0.15, 0.2) is 48.7 Å². The number of hydrogen-bond acceptors (Lipinski definition) is 7. The number of halogens is 3. The van der Waals surface area contributed by atoms with E-state index in [4.69, 9.17) is 9.47 Å². The van der Waals surface area contributed by atoms with E-state index >= 15 is 0 Å². The van der Waals surface area contributed by atoms with E-state index in [1.165, 1.54) is 12.3 Å². The average Bonchev–Trinajstić information content (AvgIpc) is 3.31. The lowest BCUT2D eigenvalue weighted by Crippen LogP contribution is -2.47. The monoisotopic (exact) mass is 526 g/mol. The number of carbonyl (C=O) groups is 1. The van der Waals surface area contributed by atoms with Crippen molar-refractivity contribution >= 4 is 38.8 Å². The van der Waals surface area contributed by atoms with Crippen molar-refractivity contribution in [3.63, 3.8) is 0 Å². The van der Waals surface area contributed by atoms with Gasteiger partial charge in [-0.1, -0.05) is 12.1 Å². The maximum absolute atomic E-state index is 14.8. The minimum atomic E-state index is -1.28. The largest absolute Gasteiger partial charge is 0.489 e. The van der Waals surface area contributed by atoms with Gasteiger partial charge >= 0.3 is 0 Å². The number of pyridine rings is 1. The molecule has 0 bridgehead atoms. The number of rotatable bonds is 4. The Balaban J connectivity index is 1.47. The molecule has 0 aliphatic carbocycles. The van der Waals surface area contributed by atoms with Crippen LogP contribution >= 0.6 is 11.3 Å². The van der Waals surface area contributed by atoms with E-state index in [9.17, 15) is 18.0 Å². The summed E-state index contributed by atoms with van der Waals surface area (Å²) >= 11 is 1.11. The molecular weight excluding hydrogens is 505 g/mol. The van der Waals surface area contributed by atoms with Crippen LogP contribution in [0.2, 0.25) is 0 Å². The smallest absolute Gasteiger partial charge is 0.282 e. The Kier molecular flexibility index (Phi) is 6.09. The van der Waals surface area contributed by atoms with Crippen molar-refractivity contribution in [2.24, 2.45) is 0 Å². The molecule has 0 unspecified atom stereocenters. The number of amides is 1. The number of para-hydroxylation sites is 2. The molecule has 7 nitrogen and oxygen atoms in total. The maximum Gasteiger partial charge on any atom is 0.282 e. The molecular formula is C26H21F3N4O3S. The molecule has 1 amide bonds. The van der Waals surface area contributed by atoms with Crippen molar-refractivity contribution in [2.45, 2.75) is 0 Å². The molecule has 11 heteroatoms. The molecule has 2 aromatic carbocycles. The lowest BCUT2D eigenvalue weighted by molar-refractivity contribution is 0.0948. The molecule has 1 saturated heterocycles. The summed E-state index contributed by atoms with van der Waals surface area (Å²) in [6, 6.07) is 10.3. The van der Waals surface area contributed by atoms with Gasteiger partial charge in [-0.3, -0.25) is 20.2 Å². The summed E-state index contributed by atoms with van der Waals surface area (Å²) in [6.45, 7) is 2.84. The summed E-state index contributed by atoms with van der Waals surface area (Å²) in [5.74, 6) is -3.06. The molecule has 1 N–H and O–H groups in total. The van der Waals surface area contributed by atoms with Crippen LogP contribution in [0.25, 0.3) is 21.3 Å². The van der Waals surface area contributed by atoms with E-state index in [-0.39, 0.29) is 17.0 Å². The number of hydrazine groups is 1. The lowest BCUT2D eigenvalue weighted by atomic mass is 10.0. The fourth-order valence-electron chi connectivity index (χ4n) is 4.64. The normalized spacial score (nSPS) is 15.4. The van der Waals surface area contributed by atoms with Gasteiger partial charge in [0.15, 0.2) is 11.6 Å². The van der Waals surface area contributed by atoms with Crippen molar-refractivity contribution in [1.82, 2.24) is 10.4 Å². The Labute approximate surface area is 214 Å². The van der Waals surface area contributed by atoms with Crippen LogP contribution in [0.1, 0.15) is 9.67 Å². The van der Waals surface area contributed by atoms with Gasteiger partial charge in [-0.05, 0) is 24.3 Å². The molecule has 2 aliphatic heterocycles. The average molecular weight is 527 g/mol. The van der Waals surface area contributed by atoms with Crippen LogP contribution in [0, 0.1) is 17.5 Å². The first kappa shape index (κ1) is 23.6. The van der Waals surface area contributed by atoms with E-state index in [2.05, 4.69) is 10.4 Å². The number of nitrogens with zero attached hydrogens (tertiary/aromatic N) is 3. The number of thiophene rings is 1. The van der Waals surface area contributed by atoms with Gasteiger partial charge in [-0.25, -0.2) is 13.2 Å². The maximum atomic E-state index is 14.8. The molecule has 0 atom stereocenters. The first-order valence-electron chi connectivity index (χ1n) is 11.7. The molecule has 2 aromatic heterocycles. The lowest BCUT2D eigenvalue weighted by Gasteiger charge is -2.32. The molecule has 2 aliphatic rings. The van der Waals surface area contributed by atoms with Gasteiger partial charge in [0.25, 0.3) is 5.91 Å². The summed E-state index contributed by atoms with van der Waals surface area (Å²) in [7, 11) is 0. The Morgan fingerprint density at radius 3 is 2.65 bits per heavy atom. The second-order valence-electron chi connectivity index (χ2n) is 8.57. The summed E-state index contributed by atoms with van der Waals surface area (Å²) in [4.78, 5) is 20.6. The zero-order valence-electron chi connectivity index (χ0n) is 19.5. The van der Waals surface area contributed by atoms with E-state index in [1.54, 1.807) is 5.01 Å². The SMILES string of the molecule is O=C(NN1CCOc2ccccc21)c1sc2c(-c3cc(F)cc(F)c3F)ccnc2c1N1CCOCC1. The van der Waals surface area contributed by atoms with Crippen LogP contribution in [-0.2, 0) is 4.74 Å². The Bertz CT molecular complexity index is 1510. The number of fused-ring (bicyclic) bond motifs is 2. The van der Waals surface area contributed by atoms with Crippen molar-refractivity contribution in [3.05, 3.63) is 71.0 Å². The molecule has 4 heterocycles. The highest BCUT2D eigenvalue weighted by atomic mass is 32.1. The van der Waals surface area contributed by atoms with Crippen molar-refractivity contribution in [1.29, 1.82) is 0 Å². The number of aromatic nitrogens is 1. The fraction of sp³-hybridized carbons (Fsp3) is 0.231. The zero-order valence-corrected chi connectivity index (χ0v) is 20.3. The number of morpholine rings is 1. The molecule has 0 spiro atoms. The summed E-state index contributed by atoms with van der Waals surface area (Å²) in [5, 5.41) is 1.73. The number of hydrogen-bond donors (Lipinski definition) is 1. The highest BCUT2D eigenvalue weighted by molar-refractivity contribution is 7.22. The van der Waals surface area contributed by atoms with Crippen LogP contribution in [0.4, 0.5) is 24.5 Å². The van der Waals surface area contributed by atoms with E-state index in [0.717, 1.165) is 23.1 Å². The van der Waals surface area contributed by atoms with Gasteiger partial charge < -0.3 is 14.4 Å². The number of anilines is 2. The number of nitrogens with one attached hydrogen (secondary N) is 1. The van der Waals surface area contributed by atoms with Crippen LogP contribution < -0.4 is 20.1 Å². The summed E-state index contributed by atoms with van der Waals surface area (Å²) in [6.07, 6.45) is 1.45. The fourth-order valence-corrected chi connectivity index (χ4v) is 5.83. The van der Waals surface area contributed by atoms with Gasteiger partial charge in [0.05, 0.1) is 35.8 Å². The van der Waals surface area contributed by atoms with E-state index in [1.807, 2.05) is 29.2 Å². The quantitative estimate of drug-likeness (QED) is 0.387. The van der Waals surface area contributed by atoms with Crippen molar-refractivity contribution in [3.8, 4) is 16.9 Å². The molecule has 0 saturated carbocycles. The highest BCUT2D eigenvalue weighted by Gasteiger charge is 2.29. The second-order valence-corrected chi connectivity index (χ2v) is 9.59.